The van der Waals surface area contributed by atoms with Crippen molar-refractivity contribution < 1.29 is 0 Å². The highest BCUT2D eigenvalue weighted by Gasteiger charge is 2.26. The molecule has 4 nitrogen and oxygen atoms in total. The monoisotopic (exact) mass is 262 g/mol. The number of aromatic nitrogens is 3. The van der Waals surface area contributed by atoms with E-state index < -0.39 is 0 Å². The van der Waals surface area contributed by atoms with Crippen LogP contribution in [-0.2, 0) is 12.1 Å². The number of aryl methyl sites for hydroxylation is 1. The number of nitrogens with zero attached hydrogens (tertiary/aromatic N) is 3. The van der Waals surface area contributed by atoms with E-state index in [2.05, 4.69) is 34.1 Å². The molecular weight excluding hydrogens is 244 g/mol. The van der Waals surface area contributed by atoms with Gasteiger partial charge in [-0.3, -0.25) is 15.3 Å². The second-order valence-corrected chi connectivity index (χ2v) is 5.42. The molecule has 0 aromatic carbocycles. The van der Waals surface area contributed by atoms with Crippen LogP contribution >= 0.6 is 11.3 Å². The molecule has 2 rings (SSSR count). The number of hydrogen-bond donors (Lipinski definition) is 1. The topological polar surface area (TPSA) is 50.7 Å². The molecule has 0 radical (unpaired) electrons. The lowest BCUT2D eigenvalue weighted by molar-refractivity contribution is 0.347. The Morgan fingerprint density at radius 1 is 1.28 bits per heavy atom. The summed E-state index contributed by atoms with van der Waals surface area (Å²) in [6, 6.07) is 0. The Balaban J connectivity index is 2.05. The average molecular weight is 262 g/mol. The Morgan fingerprint density at radius 3 is 2.67 bits per heavy atom. The van der Waals surface area contributed by atoms with E-state index in [-0.39, 0.29) is 5.54 Å². The first-order chi connectivity index (χ1) is 8.64. The van der Waals surface area contributed by atoms with Gasteiger partial charge in [-0.1, -0.05) is 6.92 Å². The van der Waals surface area contributed by atoms with Crippen LogP contribution in [0.2, 0.25) is 0 Å². The number of nitrogens with one attached hydrogen (secondary N) is 1. The predicted octanol–water partition coefficient (Wildman–Crippen LogP) is 2.66. The average Bonchev–Trinajstić information content (AvgIpc) is 2.92. The van der Waals surface area contributed by atoms with Crippen molar-refractivity contribution in [1.29, 1.82) is 0 Å². The zero-order valence-electron chi connectivity index (χ0n) is 11.0. The second kappa shape index (κ2) is 5.54. The van der Waals surface area contributed by atoms with Gasteiger partial charge in [-0.2, -0.15) is 0 Å². The van der Waals surface area contributed by atoms with Gasteiger partial charge in [-0.05, 0) is 20.3 Å². The first kappa shape index (κ1) is 13.1. The summed E-state index contributed by atoms with van der Waals surface area (Å²) in [5.41, 5.74) is 1.80. The van der Waals surface area contributed by atoms with Crippen molar-refractivity contribution in [3.8, 4) is 0 Å². The molecule has 2 aromatic rings. The highest BCUT2D eigenvalue weighted by atomic mass is 32.1. The summed E-state index contributed by atoms with van der Waals surface area (Å²) < 4.78 is 0. The van der Waals surface area contributed by atoms with Gasteiger partial charge in [0, 0.05) is 30.5 Å². The van der Waals surface area contributed by atoms with Crippen LogP contribution in [0, 0.1) is 6.92 Å². The lowest BCUT2D eigenvalue weighted by atomic mass is 10.00. The Kier molecular flexibility index (Phi) is 4.04. The smallest absolute Gasteiger partial charge is 0.112 e. The summed E-state index contributed by atoms with van der Waals surface area (Å²) >= 11 is 1.68. The summed E-state index contributed by atoms with van der Waals surface area (Å²) in [6.07, 6.45) is 6.45. The zero-order chi connectivity index (χ0) is 13.0. The second-order valence-electron chi connectivity index (χ2n) is 4.53. The highest BCUT2D eigenvalue weighted by molar-refractivity contribution is 7.09. The van der Waals surface area contributed by atoms with Crippen LogP contribution in [-0.4, -0.2) is 15.0 Å². The van der Waals surface area contributed by atoms with Crippen LogP contribution in [0.15, 0.2) is 24.0 Å². The largest absolute Gasteiger partial charge is 0.300 e. The van der Waals surface area contributed by atoms with Gasteiger partial charge in [0.05, 0.1) is 16.9 Å². The molecule has 0 amide bonds. The molecule has 96 valence electrons. The van der Waals surface area contributed by atoms with Crippen molar-refractivity contribution in [2.24, 2.45) is 0 Å². The van der Waals surface area contributed by atoms with Gasteiger partial charge in [-0.25, -0.2) is 4.98 Å². The van der Waals surface area contributed by atoms with Gasteiger partial charge < -0.3 is 0 Å². The molecule has 0 fully saturated rings. The third-order valence-electron chi connectivity index (χ3n) is 3.11. The molecule has 5 heteroatoms. The molecule has 2 aromatic heterocycles. The number of thiazole rings is 1. The molecule has 2 heterocycles. The Morgan fingerprint density at radius 2 is 2.11 bits per heavy atom. The van der Waals surface area contributed by atoms with Gasteiger partial charge in [0.25, 0.3) is 0 Å². The van der Waals surface area contributed by atoms with Crippen LogP contribution < -0.4 is 5.32 Å². The van der Waals surface area contributed by atoms with Gasteiger partial charge in [0.2, 0.25) is 0 Å². The number of hydrogen-bond acceptors (Lipinski definition) is 5. The van der Waals surface area contributed by atoms with Crippen molar-refractivity contribution >= 4 is 11.3 Å². The maximum atomic E-state index is 4.41. The number of rotatable bonds is 5. The van der Waals surface area contributed by atoms with Gasteiger partial charge in [-0.15, -0.1) is 11.3 Å². The van der Waals surface area contributed by atoms with E-state index in [1.54, 1.807) is 17.5 Å². The molecule has 0 unspecified atom stereocenters. The molecule has 18 heavy (non-hydrogen) atoms. The van der Waals surface area contributed by atoms with E-state index in [1.807, 2.05) is 24.7 Å². The fourth-order valence-corrected chi connectivity index (χ4v) is 2.49. The molecule has 0 bridgehead atoms. The molecule has 0 saturated heterocycles. The van der Waals surface area contributed by atoms with E-state index in [1.165, 1.54) is 0 Å². The Labute approximate surface area is 112 Å². The third kappa shape index (κ3) is 2.91. The predicted molar refractivity (Wildman–Crippen MR) is 73.4 cm³/mol. The Hall–Kier alpha value is -1.33. The fraction of sp³-hybridized carbons (Fsp3) is 0.462. The zero-order valence-corrected chi connectivity index (χ0v) is 11.8. The van der Waals surface area contributed by atoms with Crippen LogP contribution in [0.25, 0.3) is 0 Å². The molecule has 0 spiro atoms. The molecule has 1 atom stereocenters. The minimum atomic E-state index is -0.0965. The minimum Gasteiger partial charge on any atom is -0.300 e. The molecule has 0 aliphatic carbocycles. The first-order valence-corrected chi connectivity index (χ1v) is 6.94. The lowest BCUT2D eigenvalue weighted by Gasteiger charge is -2.27. The van der Waals surface area contributed by atoms with E-state index in [4.69, 9.17) is 0 Å². The van der Waals surface area contributed by atoms with E-state index in [9.17, 15) is 0 Å². The van der Waals surface area contributed by atoms with Crippen LogP contribution in [0.1, 0.15) is 36.7 Å². The van der Waals surface area contributed by atoms with Crippen LogP contribution in [0.3, 0.4) is 0 Å². The summed E-state index contributed by atoms with van der Waals surface area (Å²) in [6.45, 7) is 6.98. The van der Waals surface area contributed by atoms with Crippen molar-refractivity contribution in [2.45, 2.75) is 39.3 Å². The lowest BCUT2D eigenvalue weighted by Crippen LogP contribution is -2.38. The van der Waals surface area contributed by atoms with Crippen molar-refractivity contribution in [1.82, 2.24) is 20.3 Å². The first-order valence-electron chi connectivity index (χ1n) is 6.06. The highest BCUT2D eigenvalue weighted by Crippen LogP contribution is 2.26. The van der Waals surface area contributed by atoms with E-state index in [0.29, 0.717) is 6.54 Å². The van der Waals surface area contributed by atoms with Gasteiger partial charge >= 0.3 is 0 Å². The normalized spacial score (nSPS) is 14.4. The summed E-state index contributed by atoms with van der Waals surface area (Å²) in [4.78, 5) is 13.0. The minimum absolute atomic E-state index is 0.0965. The van der Waals surface area contributed by atoms with Crippen molar-refractivity contribution in [3.05, 3.63) is 40.4 Å². The van der Waals surface area contributed by atoms with E-state index in [0.717, 1.165) is 22.8 Å². The maximum Gasteiger partial charge on any atom is 0.112 e. The fourth-order valence-electron chi connectivity index (χ4n) is 1.64. The maximum absolute atomic E-state index is 4.41. The van der Waals surface area contributed by atoms with Crippen molar-refractivity contribution in [2.75, 3.05) is 0 Å². The summed E-state index contributed by atoms with van der Waals surface area (Å²) in [5, 5.41) is 6.66. The van der Waals surface area contributed by atoms with Gasteiger partial charge in [0.15, 0.2) is 0 Å². The van der Waals surface area contributed by atoms with Crippen LogP contribution in [0.5, 0.6) is 0 Å². The quantitative estimate of drug-likeness (QED) is 0.900. The summed E-state index contributed by atoms with van der Waals surface area (Å²) in [7, 11) is 0. The molecule has 1 N–H and O–H groups in total. The van der Waals surface area contributed by atoms with Crippen molar-refractivity contribution in [3.63, 3.8) is 0 Å². The van der Waals surface area contributed by atoms with Crippen LogP contribution in [0.4, 0.5) is 0 Å². The molecule has 0 aliphatic heterocycles. The molecule has 0 saturated carbocycles. The third-order valence-corrected chi connectivity index (χ3v) is 4.14. The molecule has 0 aliphatic rings. The standard InChI is InChI=1S/C13H18N4S/c1-4-13(3,12-14-5-6-18-12)17-9-11-8-15-10(2)7-16-11/h5-8,17H,4,9H2,1-3H3/t13-/m0/s1. The molecular formula is C13H18N4S. The summed E-state index contributed by atoms with van der Waals surface area (Å²) in [5.74, 6) is 0. The SMILES string of the molecule is CC[C@](C)(NCc1cnc(C)cn1)c1nccs1. The van der Waals surface area contributed by atoms with Gasteiger partial charge in [0.1, 0.15) is 5.01 Å². The van der Waals surface area contributed by atoms with E-state index >= 15 is 0 Å². The Bertz CT molecular complexity index is 480.